The highest BCUT2D eigenvalue weighted by atomic mass is 16.1. The van der Waals surface area contributed by atoms with E-state index in [4.69, 9.17) is 0 Å². The maximum Gasteiger partial charge on any atom is 1.00 e. The number of hydrogen-bond donors (Lipinski definition) is 0. The summed E-state index contributed by atoms with van der Waals surface area (Å²) in [5.41, 5.74) is 1.28. The van der Waals surface area contributed by atoms with Gasteiger partial charge in [0.25, 0.3) is 0 Å². The zero-order valence-corrected chi connectivity index (χ0v) is 7.29. The summed E-state index contributed by atoms with van der Waals surface area (Å²) in [6, 6.07) is 10.9. The minimum absolute atomic E-state index is 0. The molecule has 0 fully saturated rings. The zero-order valence-electron chi connectivity index (χ0n) is 8.29. The Hall–Kier alpha value is -1.11. The Kier molecular flexibility index (Phi) is 3.52. The van der Waals surface area contributed by atoms with Crippen LogP contribution in [0.15, 0.2) is 24.3 Å². The van der Waals surface area contributed by atoms with Crippen LogP contribution in [0.1, 0.15) is 20.3 Å². The lowest BCUT2D eigenvalue weighted by Gasteiger charge is -2.06. The molecule has 0 aliphatic rings. The molecular weight excluding hydrogens is 148 g/mol. The van der Waals surface area contributed by atoms with Gasteiger partial charge in [0, 0.05) is 6.42 Å². The van der Waals surface area contributed by atoms with Crippen LogP contribution >= 0.6 is 0 Å². The van der Waals surface area contributed by atoms with Gasteiger partial charge >= 0.3 is 1.43 Å². The molecule has 63 valence electrons. The largest absolute Gasteiger partial charge is 1.00 e. The molecule has 0 aliphatic carbocycles. The van der Waals surface area contributed by atoms with Gasteiger partial charge < -0.3 is 4.79 Å². The second kappa shape index (κ2) is 4.70. The molecule has 1 unspecified atom stereocenters. The van der Waals surface area contributed by atoms with Gasteiger partial charge in [0.15, 0.2) is 0 Å². The molecule has 1 aromatic carbocycles. The van der Waals surface area contributed by atoms with Gasteiger partial charge in [0.2, 0.25) is 0 Å². The van der Waals surface area contributed by atoms with E-state index in [0.29, 0.717) is 12.3 Å². The SMILES string of the molecule is CC(CC=O)Cc1cc[c]cc1.[H+]. The molecule has 12 heavy (non-hydrogen) atoms. The molecule has 0 spiro atoms. The molecule has 1 aromatic rings. The number of carbonyl (C=O) groups excluding carboxylic acids is 1. The molecule has 1 atom stereocenters. The predicted molar refractivity (Wildman–Crippen MR) is 49.9 cm³/mol. The summed E-state index contributed by atoms with van der Waals surface area (Å²) in [5.74, 6) is 0.449. The van der Waals surface area contributed by atoms with Gasteiger partial charge in [-0.3, -0.25) is 0 Å². The molecule has 1 radical (unpaired) electrons. The number of benzene rings is 1. The van der Waals surface area contributed by atoms with Crippen molar-refractivity contribution in [2.45, 2.75) is 19.8 Å². The summed E-state index contributed by atoms with van der Waals surface area (Å²) >= 11 is 0. The molecular formula is C11H14O+. The molecule has 0 heterocycles. The molecule has 0 saturated carbocycles. The standard InChI is InChI=1S/C11H13O/c1-10(7-8-12)9-11-5-3-2-4-6-11/h3-6,8,10H,7,9H2,1H3/p+1. The van der Waals surface area contributed by atoms with Gasteiger partial charge in [0.1, 0.15) is 6.29 Å². The summed E-state index contributed by atoms with van der Waals surface area (Å²) in [4.78, 5) is 10.2. The van der Waals surface area contributed by atoms with E-state index in [1.807, 2.05) is 24.3 Å². The van der Waals surface area contributed by atoms with Crippen LogP contribution in [0.3, 0.4) is 0 Å². The molecule has 0 bridgehead atoms. The van der Waals surface area contributed by atoms with E-state index >= 15 is 0 Å². The summed E-state index contributed by atoms with van der Waals surface area (Å²) in [5, 5.41) is 0. The average molecular weight is 162 g/mol. The van der Waals surface area contributed by atoms with Crippen LogP contribution in [0, 0.1) is 12.0 Å². The third kappa shape index (κ3) is 2.87. The van der Waals surface area contributed by atoms with E-state index in [9.17, 15) is 4.79 Å². The van der Waals surface area contributed by atoms with Crippen molar-refractivity contribution in [1.29, 1.82) is 0 Å². The quantitative estimate of drug-likeness (QED) is 0.621. The minimum atomic E-state index is 0. The smallest absolute Gasteiger partial charge is 0.303 e. The van der Waals surface area contributed by atoms with Crippen LogP contribution in [0.5, 0.6) is 0 Å². The summed E-state index contributed by atoms with van der Waals surface area (Å²) in [6.07, 6.45) is 2.62. The number of carbonyl (C=O) groups is 1. The van der Waals surface area contributed by atoms with Crippen molar-refractivity contribution in [3.05, 3.63) is 35.9 Å². The number of rotatable bonds is 4. The summed E-state index contributed by atoms with van der Waals surface area (Å²) in [7, 11) is 0. The molecule has 1 heteroatoms. The first-order chi connectivity index (χ1) is 5.83. The predicted octanol–water partition coefficient (Wildman–Crippen LogP) is 2.37. The van der Waals surface area contributed by atoms with Crippen molar-refractivity contribution in [3.8, 4) is 0 Å². The van der Waals surface area contributed by atoms with Crippen molar-refractivity contribution in [2.75, 3.05) is 0 Å². The van der Waals surface area contributed by atoms with Crippen molar-refractivity contribution >= 4 is 6.29 Å². The Bertz CT molecular complexity index is 233. The van der Waals surface area contributed by atoms with Gasteiger partial charge in [-0.1, -0.05) is 31.2 Å². The van der Waals surface area contributed by atoms with E-state index in [-0.39, 0.29) is 1.43 Å². The third-order valence-corrected chi connectivity index (χ3v) is 1.87. The maximum atomic E-state index is 10.2. The van der Waals surface area contributed by atoms with Crippen molar-refractivity contribution < 1.29 is 6.22 Å². The zero-order chi connectivity index (χ0) is 8.81. The minimum Gasteiger partial charge on any atom is -0.303 e. The lowest BCUT2D eigenvalue weighted by atomic mass is 9.99. The van der Waals surface area contributed by atoms with Gasteiger partial charge in [-0.2, -0.15) is 0 Å². The molecule has 0 aromatic heterocycles. The fourth-order valence-corrected chi connectivity index (χ4v) is 1.21. The third-order valence-electron chi connectivity index (χ3n) is 1.87. The highest BCUT2D eigenvalue weighted by Gasteiger charge is 2.01. The maximum absolute atomic E-state index is 10.2. The summed E-state index contributed by atoms with van der Waals surface area (Å²) < 4.78 is 0. The fourth-order valence-electron chi connectivity index (χ4n) is 1.21. The highest BCUT2D eigenvalue weighted by Crippen LogP contribution is 2.09. The Balaban J connectivity index is 0.00000144. The van der Waals surface area contributed by atoms with Gasteiger partial charge in [-0.25, -0.2) is 0 Å². The van der Waals surface area contributed by atoms with Crippen LogP contribution < -0.4 is 0 Å². The van der Waals surface area contributed by atoms with Crippen LogP contribution in [0.4, 0.5) is 0 Å². The number of aldehydes is 1. The van der Waals surface area contributed by atoms with E-state index < -0.39 is 0 Å². The van der Waals surface area contributed by atoms with Crippen LogP contribution in [-0.4, -0.2) is 6.29 Å². The normalized spacial score (nSPS) is 12.4. The lowest BCUT2D eigenvalue weighted by Crippen LogP contribution is -1.99. The first kappa shape index (κ1) is 8.98. The topological polar surface area (TPSA) is 17.1 Å². The molecule has 1 rings (SSSR count). The fraction of sp³-hybridized carbons (Fsp3) is 0.364. The molecule has 0 saturated heterocycles. The first-order valence-electron chi connectivity index (χ1n) is 4.21. The second-order valence-corrected chi connectivity index (χ2v) is 3.12. The molecule has 1 nitrogen and oxygen atoms in total. The highest BCUT2D eigenvalue weighted by molar-refractivity contribution is 5.49. The van der Waals surface area contributed by atoms with Gasteiger partial charge in [-0.15, -0.1) is 0 Å². The van der Waals surface area contributed by atoms with Crippen molar-refractivity contribution in [3.63, 3.8) is 0 Å². The first-order valence-corrected chi connectivity index (χ1v) is 4.21. The van der Waals surface area contributed by atoms with Crippen LogP contribution in [0.25, 0.3) is 0 Å². The Morgan fingerprint density at radius 3 is 2.83 bits per heavy atom. The Morgan fingerprint density at radius 2 is 2.25 bits per heavy atom. The molecule has 0 amide bonds. The second-order valence-electron chi connectivity index (χ2n) is 3.12. The van der Waals surface area contributed by atoms with E-state index in [0.717, 1.165) is 12.7 Å². The Labute approximate surface area is 74.9 Å². The lowest BCUT2D eigenvalue weighted by molar-refractivity contribution is -0.108. The Morgan fingerprint density at radius 1 is 1.58 bits per heavy atom. The van der Waals surface area contributed by atoms with Gasteiger partial charge in [0.05, 0.1) is 0 Å². The van der Waals surface area contributed by atoms with Crippen LogP contribution in [0.2, 0.25) is 0 Å². The molecule has 0 N–H and O–H groups in total. The van der Waals surface area contributed by atoms with Crippen LogP contribution in [-0.2, 0) is 11.2 Å². The van der Waals surface area contributed by atoms with Gasteiger partial charge in [-0.05, 0) is 24.0 Å². The van der Waals surface area contributed by atoms with E-state index in [1.54, 1.807) is 0 Å². The number of hydrogen-bond acceptors (Lipinski definition) is 1. The van der Waals surface area contributed by atoms with E-state index in [1.165, 1.54) is 5.56 Å². The molecule has 0 aliphatic heterocycles. The van der Waals surface area contributed by atoms with Crippen molar-refractivity contribution in [2.24, 2.45) is 5.92 Å². The van der Waals surface area contributed by atoms with E-state index in [2.05, 4.69) is 13.0 Å². The monoisotopic (exact) mass is 162 g/mol. The summed E-state index contributed by atoms with van der Waals surface area (Å²) in [6.45, 7) is 2.09. The van der Waals surface area contributed by atoms with Crippen molar-refractivity contribution in [1.82, 2.24) is 0 Å². The average Bonchev–Trinajstić information content (AvgIpc) is 2.06.